The number of halogens is 1. The molecular weight excluding hydrogens is 136 g/mol. The van der Waals surface area contributed by atoms with E-state index < -0.39 is 0 Å². The Bertz CT molecular complexity index is 71.3. The molecule has 0 N–H and O–H groups in total. The standard InChI is InChI=1S/C7H13ClO/c8-4-1-5-9-6-7-2-3-7/h7H,1-6H2. The van der Waals surface area contributed by atoms with Gasteiger partial charge in [-0.05, 0) is 25.2 Å². The van der Waals surface area contributed by atoms with Crippen LogP contribution >= 0.6 is 11.6 Å². The molecule has 1 saturated carbocycles. The van der Waals surface area contributed by atoms with Gasteiger partial charge in [-0.15, -0.1) is 11.6 Å². The summed E-state index contributed by atoms with van der Waals surface area (Å²) < 4.78 is 5.31. The molecule has 0 heterocycles. The first kappa shape index (κ1) is 7.36. The van der Waals surface area contributed by atoms with Crippen molar-refractivity contribution < 1.29 is 4.74 Å². The van der Waals surface area contributed by atoms with Crippen LogP contribution < -0.4 is 0 Å². The van der Waals surface area contributed by atoms with Gasteiger partial charge < -0.3 is 4.74 Å². The lowest BCUT2D eigenvalue weighted by atomic mass is 10.4. The summed E-state index contributed by atoms with van der Waals surface area (Å²) in [7, 11) is 0. The van der Waals surface area contributed by atoms with Crippen LogP contribution in [0.1, 0.15) is 19.3 Å². The van der Waals surface area contributed by atoms with Crippen molar-refractivity contribution in [1.82, 2.24) is 0 Å². The maximum absolute atomic E-state index is 5.45. The highest BCUT2D eigenvalue weighted by molar-refractivity contribution is 6.17. The zero-order valence-electron chi connectivity index (χ0n) is 5.61. The number of hydrogen-bond acceptors (Lipinski definition) is 1. The van der Waals surface area contributed by atoms with Gasteiger partial charge in [-0.3, -0.25) is 0 Å². The third kappa shape index (κ3) is 3.77. The second-order valence-electron chi connectivity index (χ2n) is 2.56. The Hall–Kier alpha value is 0.250. The fourth-order valence-corrected chi connectivity index (χ4v) is 0.800. The fourth-order valence-electron chi connectivity index (χ4n) is 0.691. The van der Waals surface area contributed by atoms with Gasteiger partial charge in [-0.2, -0.15) is 0 Å². The summed E-state index contributed by atoms with van der Waals surface area (Å²) in [4.78, 5) is 0. The van der Waals surface area contributed by atoms with E-state index in [1.54, 1.807) is 0 Å². The molecule has 0 unspecified atom stereocenters. The minimum Gasteiger partial charge on any atom is -0.381 e. The molecule has 1 fully saturated rings. The lowest BCUT2D eigenvalue weighted by Gasteiger charge is -1.98. The van der Waals surface area contributed by atoms with E-state index in [4.69, 9.17) is 16.3 Å². The number of alkyl halides is 1. The Morgan fingerprint density at radius 3 is 2.78 bits per heavy atom. The summed E-state index contributed by atoms with van der Waals surface area (Å²) in [5.74, 6) is 1.62. The quantitative estimate of drug-likeness (QED) is 0.428. The van der Waals surface area contributed by atoms with Gasteiger partial charge in [0, 0.05) is 19.1 Å². The van der Waals surface area contributed by atoms with Crippen LogP contribution in [0.2, 0.25) is 0 Å². The minimum absolute atomic E-state index is 0.727. The topological polar surface area (TPSA) is 9.23 Å². The summed E-state index contributed by atoms with van der Waals surface area (Å²) in [6.07, 6.45) is 3.75. The van der Waals surface area contributed by atoms with Crippen LogP contribution in [0.15, 0.2) is 0 Å². The Kier molecular flexibility index (Phi) is 3.37. The maximum atomic E-state index is 5.45. The maximum Gasteiger partial charge on any atom is 0.0494 e. The number of rotatable bonds is 5. The van der Waals surface area contributed by atoms with Crippen molar-refractivity contribution in [1.29, 1.82) is 0 Å². The van der Waals surface area contributed by atoms with Crippen molar-refractivity contribution in [3.05, 3.63) is 0 Å². The van der Waals surface area contributed by atoms with Crippen molar-refractivity contribution in [3.8, 4) is 0 Å². The van der Waals surface area contributed by atoms with Crippen molar-refractivity contribution in [2.45, 2.75) is 19.3 Å². The molecule has 0 spiro atoms. The van der Waals surface area contributed by atoms with E-state index in [1.807, 2.05) is 0 Å². The summed E-state index contributed by atoms with van der Waals surface area (Å²) in [6, 6.07) is 0. The number of ether oxygens (including phenoxy) is 1. The molecule has 54 valence electrons. The highest BCUT2D eigenvalue weighted by Gasteiger charge is 2.20. The van der Waals surface area contributed by atoms with E-state index in [0.29, 0.717) is 0 Å². The predicted molar refractivity (Wildman–Crippen MR) is 38.9 cm³/mol. The smallest absolute Gasteiger partial charge is 0.0494 e. The van der Waals surface area contributed by atoms with Gasteiger partial charge in [0.05, 0.1) is 0 Å². The molecule has 0 bridgehead atoms. The third-order valence-electron chi connectivity index (χ3n) is 1.47. The van der Waals surface area contributed by atoms with Gasteiger partial charge in [0.2, 0.25) is 0 Å². The van der Waals surface area contributed by atoms with E-state index in [1.165, 1.54) is 12.8 Å². The Labute approximate surface area is 61.3 Å². The summed E-state index contributed by atoms with van der Waals surface area (Å²) in [6.45, 7) is 1.82. The Morgan fingerprint density at radius 1 is 1.44 bits per heavy atom. The molecule has 0 saturated heterocycles. The zero-order chi connectivity index (χ0) is 6.53. The van der Waals surface area contributed by atoms with E-state index in [9.17, 15) is 0 Å². The van der Waals surface area contributed by atoms with E-state index in [2.05, 4.69) is 0 Å². The van der Waals surface area contributed by atoms with Crippen molar-refractivity contribution >= 4 is 11.6 Å². The molecule has 0 amide bonds. The number of hydrogen-bond donors (Lipinski definition) is 0. The molecule has 0 aromatic rings. The minimum atomic E-state index is 0.727. The van der Waals surface area contributed by atoms with Crippen LogP contribution in [-0.4, -0.2) is 19.1 Å². The van der Waals surface area contributed by atoms with E-state index in [-0.39, 0.29) is 0 Å². The van der Waals surface area contributed by atoms with Gasteiger partial charge >= 0.3 is 0 Å². The van der Waals surface area contributed by atoms with Crippen LogP contribution in [0.4, 0.5) is 0 Å². The molecule has 1 nitrogen and oxygen atoms in total. The molecule has 1 aliphatic carbocycles. The molecule has 0 aromatic carbocycles. The first-order valence-corrected chi connectivity index (χ1v) is 4.10. The zero-order valence-corrected chi connectivity index (χ0v) is 6.36. The van der Waals surface area contributed by atoms with Gasteiger partial charge in [-0.1, -0.05) is 0 Å². The predicted octanol–water partition coefficient (Wildman–Crippen LogP) is 2.04. The van der Waals surface area contributed by atoms with E-state index >= 15 is 0 Å². The molecule has 9 heavy (non-hydrogen) atoms. The molecule has 0 aliphatic heterocycles. The first-order chi connectivity index (χ1) is 4.43. The third-order valence-corrected chi connectivity index (χ3v) is 1.74. The molecule has 2 heteroatoms. The summed E-state index contributed by atoms with van der Waals surface area (Å²) in [5, 5.41) is 0. The molecular formula is C7H13ClO. The highest BCUT2D eigenvalue weighted by atomic mass is 35.5. The lowest BCUT2D eigenvalue weighted by molar-refractivity contribution is 0.125. The van der Waals surface area contributed by atoms with Crippen LogP contribution in [0, 0.1) is 5.92 Å². The molecule has 1 aliphatic rings. The van der Waals surface area contributed by atoms with Crippen molar-refractivity contribution in [2.75, 3.05) is 19.1 Å². The second kappa shape index (κ2) is 4.13. The molecule has 1 rings (SSSR count). The van der Waals surface area contributed by atoms with Gasteiger partial charge in [0.15, 0.2) is 0 Å². The van der Waals surface area contributed by atoms with Gasteiger partial charge in [-0.25, -0.2) is 0 Å². The fraction of sp³-hybridized carbons (Fsp3) is 1.00. The van der Waals surface area contributed by atoms with E-state index in [0.717, 1.165) is 31.4 Å². The average molecular weight is 149 g/mol. The average Bonchev–Trinajstić information content (AvgIpc) is 2.63. The van der Waals surface area contributed by atoms with Gasteiger partial charge in [0.25, 0.3) is 0 Å². The van der Waals surface area contributed by atoms with Crippen LogP contribution in [0.25, 0.3) is 0 Å². The van der Waals surface area contributed by atoms with Crippen LogP contribution in [0.5, 0.6) is 0 Å². The highest BCUT2D eigenvalue weighted by Crippen LogP contribution is 2.28. The summed E-state index contributed by atoms with van der Waals surface area (Å²) >= 11 is 5.45. The molecule has 0 aromatic heterocycles. The molecule has 0 radical (unpaired) electrons. The van der Waals surface area contributed by atoms with Crippen LogP contribution in [-0.2, 0) is 4.74 Å². The largest absolute Gasteiger partial charge is 0.381 e. The van der Waals surface area contributed by atoms with Crippen LogP contribution in [0.3, 0.4) is 0 Å². The molecule has 0 atom stereocenters. The lowest BCUT2D eigenvalue weighted by Crippen LogP contribution is -1.98. The SMILES string of the molecule is ClCCCOCC1CC1. The van der Waals surface area contributed by atoms with Gasteiger partial charge in [0.1, 0.15) is 0 Å². The Balaban J connectivity index is 1.71. The monoisotopic (exact) mass is 148 g/mol. The Morgan fingerprint density at radius 2 is 2.22 bits per heavy atom. The van der Waals surface area contributed by atoms with Crippen molar-refractivity contribution in [2.24, 2.45) is 5.92 Å². The normalized spacial score (nSPS) is 18.3. The second-order valence-corrected chi connectivity index (χ2v) is 2.94. The first-order valence-electron chi connectivity index (χ1n) is 3.57. The summed E-state index contributed by atoms with van der Waals surface area (Å²) in [5.41, 5.74) is 0. The van der Waals surface area contributed by atoms with Crippen molar-refractivity contribution in [3.63, 3.8) is 0 Å².